The van der Waals surface area contributed by atoms with Gasteiger partial charge in [0, 0.05) is 18.2 Å². The van der Waals surface area contributed by atoms with Gasteiger partial charge in [-0.2, -0.15) is 0 Å². The minimum absolute atomic E-state index is 0.213. The van der Waals surface area contributed by atoms with Crippen molar-refractivity contribution in [1.82, 2.24) is 4.98 Å². The molecule has 0 spiro atoms. The zero-order valence-corrected chi connectivity index (χ0v) is 14.7. The first-order valence-electron chi connectivity index (χ1n) is 8.33. The van der Waals surface area contributed by atoms with E-state index < -0.39 is 18.1 Å². The summed E-state index contributed by atoms with van der Waals surface area (Å²) < 4.78 is 35.8. The van der Waals surface area contributed by atoms with Crippen LogP contribution < -0.4 is 9.47 Å². The van der Waals surface area contributed by atoms with Gasteiger partial charge in [0.2, 0.25) is 0 Å². The Hall–Kier alpha value is -2.67. The highest BCUT2D eigenvalue weighted by Crippen LogP contribution is 2.34. The van der Waals surface area contributed by atoms with E-state index in [2.05, 4.69) is 4.98 Å². The number of ether oxygens (including phenoxy) is 4. The number of carbonyl (C=O) groups is 1. The molecule has 1 aromatic carbocycles. The summed E-state index contributed by atoms with van der Waals surface area (Å²) in [5.41, 5.74) is 0.695. The molecule has 0 aliphatic carbocycles. The number of rotatable bonds is 5. The molecule has 0 bridgehead atoms. The van der Waals surface area contributed by atoms with E-state index >= 15 is 0 Å². The fourth-order valence-electron chi connectivity index (χ4n) is 2.72. The van der Waals surface area contributed by atoms with Crippen LogP contribution in [0.25, 0.3) is 11.3 Å². The van der Waals surface area contributed by atoms with Gasteiger partial charge in [0.25, 0.3) is 0 Å². The highest BCUT2D eigenvalue weighted by molar-refractivity contribution is 5.90. The minimum atomic E-state index is -0.551. The van der Waals surface area contributed by atoms with Crippen molar-refractivity contribution >= 4 is 5.97 Å². The minimum Gasteiger partial charge on any atom is -0.497 e. The van der Waals surface area contributed by atoms with Gasteiger partial charge in [0.05, 0.1) is 26.4 Å². The van der Waals surface area contributed by atoms with Crippen molar-refractivity contribution in [2.45, 2.75) is 25.6 Å². The van der Waals surface area contributed by atoms with Gasteiger partial charge in [-0.25, -0.2) is 9.18 Å². The first-order valence-corrected chi connectivity index (χ1v) is 8.33. The van der Waals surface area contributed by atoms with Crippen molar-refractivity contribution in [2.75, 3.05) is 20.8 Å². The summed E-state index contributed by atoms with van der Waals surface area (Å²) in [4.78, 5) is 16.1. The molecule has 1 fully saturated rings. The maximum atomic E-state index is 14.4. The standard InChI is InChI=1S/C19H20FNO5/c1-23-13-6-7-15(20)14(10-13)18-16(26-17-5-3-4-8-25-17)9-12(11-21-18)19(22)24-2/h6-7,9-11,17H,3-5,8H2,1-2H3. The molecule has 1 atom stereocenters. The second-order valence-corrected chi connectivity index (χ2v) is 5.82. The lowest BCUT2D eigenvalue weighted by molar-refractivity contribution is -0.105. The third kappa shape index (κ3) is 3.94. The Morgan fingerprint density at radius 2 is 2.12 bits per heavy atom. The monoisotopic (exact) mass is 361 g/mol. The topological polar surface area (TPSA) is 66.9 Å². The molecule has 1 aliphatic heterocycles. The number of aromatic nitrogens is 1. The van der Waals surface area contributed by atoms with E-state index in [4.69, 9.17) is 18.9 Å². The zero-order chi connectivity index (χ0) is 18.5. The first kappa shape index (κ1) is 18.1. The van der Waals surface area contributed by atoms with E-state index in [1.54, 1.807) is 0 Å². The molecule has 3 rings (SSSR count). The summed E-state index contributed by atoms with van der Waals surface area (Å²) in [5, 5.41) is 0. The number of halogens is 1. The molecule has 1 aliphatic rings. The quantitative estimate of drug-likeness (QED) is 0.758. The van der Waals surface area contributed by atoms with Crippen LogP contribution in [0, 0.1) is 5.82 Å². The van der Waals surface area contributed by atoms with Crippen LogP contribution in [0.3, 0.4) is 0 Å². The number of carbonyl (C=O) groups excluding carboxylic acids is 1. The van der Waals surface area contributed by atoms with Gasteiger partial charge in [-0.3, -0.25) is 4.98 Å². The molecule has 6 nitrogen and oxygen atoms in total. The number of hydrogen-bond donors (Lipinski definition) is 0. The highest BCUT2D eigenvalue weighted by Gasteiger charge is 2.22. The van der Waals surface area contributed by atoms with E-state index in [9.17, 15) is 9.18 Å². The predicted octanol–water partition coefficient (Wildman–Crippen LogP) is 3.59. The summed E-state index contributed by atoms with van der Waals surface area (Å²) in [7, 11) is 2.78. The molecule has 2 aromatic rings. The molecule has 138 valence electrons. The van der Waals surface area contributed by atoms with E-state index in [1.165, 1.54) is 44.7 Å². The average molecular weight is 361 g/mol. The lowest BCUT2D eigenvalue weighted by Gasteiger charge is -2.24. The molecule has 2 heterocycles. The Kier molecular flexibility index (Phi) is 5.68. The molecule has 0 amide bonds. The van der Waals surface area contributed by atoms with E-state index in [-0.39, 0.29) is 22.6 Å². The van der Waals surface area contributed by atoms with Gasteiger partial charge in [0.15, 0.2) is 6.29 Å². The Morgan fingerprint density at radius 3 is 2.81 bits per heavy atom. The fourth-order valence-corrected chi connectivity index (χ4v) is 2.72. The van der Waals surface area contributed by atoms with Gasteiger partial charge in [0.1, 0.15) is 23.0 Å². The molecule has 26 heavy (non-hydrogen) atoms. The number of benzene rings is 1. The Bertz CT molecular complexity index is 789. The summed E-state index contributed by atoms with van der Waals surface area (Å²) in [5.74, 6) is -0.282. The number of nitrogens with zero attached hydrogens (tertiary/aromatic N) is 1. The molecule has 0 saturated carbocycles. The summed E-state index contributed by atoms with van der Waals surface area (Å²) >= 11 is 0. The molecule has 1 saturated heterocycles. The van der Waals surface area contributed by atoms with Gasteiger partial charge in [-0.05, 0) is 37.1 Å². The van der Waals surface area contributed by atoms with Gasteiger partial charge >= 0.3 is 5.97 Å². The van der Waals surface area contributed by atoms with Crippen molar-refractivity contribution in [3.8, 4) is 22.8 Å². The summed E-state index contributed by atoms with van der Waals surface area (Å²) in [6, 6.07) is 5.84. The molecular weight excluding hydrogens is 341 g/mol. The van der Waals surface area contributed by atoms with Crippen LogP contribution in [0.2, 0.25) is 0 Å². The van der Waals surface area contributed by atoms with Crippen molar-refractivity contribution in [3.05, 3.63) is 41.8 Å². The molecular formula is C19H20FNO5. The fraction of sp³-hybridized carbons (Fsp3) is 0.368. The first-order chi connectivity index (χ1) is 12.6. The second kappa shape index (κ2) is 8.14. The average Bonchev–Trinajstić information content (AvgIpc) is 2.69. The number of pyridine rings is 1. The van der Waals surface area contributed by atoms with Crippen molar-refractivity contribution < 1.29 is 28.1 Å². The van der Waals surface area contributed by atoms with Crippen LogP contribution in [-0.4, -0.2) is 38.1 Å². The molecule has 7 heteroatoms. The normalized spacial score (nSPS) is 16.8. The van der Waals surface area contributed by atoms with Crippen LogP contribution in [0.1, 0.15) is 29.6 Å². The molecule has 0 N–H and O–H groups in total. The summed E-state index contributed by atoms with van der Waals surface area (Å²) in [6.45, 7) is 0.595. The van der Waals surface area contributed by atoms with Crippen LogP contribution in [0.15, 0.2) is 30.5 Å². The van der Waals surface area contributed by atoms with Crippen molar-refractivity contribution in [1.29, 1.82) is 0 Å². The molecule has 1 aromatic heterocycles. The Labute approximate surface area is 150 Å². The van der Waals surface area contributed by atoms with Crippen LogP contribution in [0.4, 0.5) is 4.39 Å². The number of methoxy groups -OCH3 is 2. The Morgan fingerprint density at radius 1 is 1.27 bits per heavy atom. The van der Waals surface area contributed by atoms with E-state index in [0.29, 0.717) is 18.8 Å². The third-order valence-corrected chi connectivity index (χ3v) is 4.10. The maximum Gasteiger partial charge on any atom is 0.339 e. The van der Waals surface area contributed by atoms with Crippen LogP contribution >= 0.6 is 0 Å². The number of esters is 1. The smallest absolute Gasteiger partial charge is 0.339 e. The second-order valence-electron chi connectivity index (χ2n) is 5.82. The van der Waals surface area contributed by atoms with E-state index in [0.717, 1.165) is 12.8 Å². The Balaban J connectivity index is 2.04. The molecule has 0 radical (unpaired) electrons. The maximum absolute atomic E-state index is 14.4. The van der Waals surface area contributed by atoms with E-state index in [1.807, 2.05) is 0 Å². The predicted molar refractivity (Wildman–Crippen MR) is 91.7 cm³/mol. The van der Waals surface area contributed by atoms with Crippen LogP contribution in [0.5, 0.6) is 11.5 Å². The van der Waals surface area contributed by atoms with Crippen molar-refractivity contribution in [3.63, 3.8) is 0 Å². The molecule has 1 unspecified atom stereocenters. The summed E-state index contributed by atoms with van der Waals surface area (Å²) in [6.07, 6.45) is 3.51. The zero-order valence-electron chi connectivity index (χ0n) is 14.7. The van der Waals surface area contributed by atoms with Crippen LogP contribution in [-0.2, 0) is 9.47 Å². The third-order valence-electron chi connectivity index (χ3n) is 4.10. The highest BCUT2D eigenvalue weighted by atomic mass is 19.1. The van der Waals surface area contributed by atoms with Gasteiger partial charge < -0.3 is 18.9 Å². The largest absolute Gasteiger partial charge is 0.497 e. The number of hydrogen-bond acceptors (Lipinski definition) is 6. The lowest BCUT2D eigenvalue weighted by atomic mass is 10.1. The van der Waals surface area contributed by atoms with Gasteiger partial charge in [-0.1, -0.05) is 0 Å². The lowest BCUT2D eigenvalue weighted by Crippen LogP contribution is -2.25. The SMILES string of the molecule is COC(=O)c1cnc(-c2cc(OC)ccc2F)c(OC2CCCCO2)c1. The van der Waals surface area contributed by atoms with Crippen molar-refractivity contribution in [2.24, 2.45) is 0 Å². The van der Waals surface area contributed by atoms with Gasteiger partial charge in [-0.15, -0.1) is 0 Å².